The van der Waals surface area contributed by atoms with Gasteiger partial charge in [0.2, 0.25) is 0 Å². The summed E-state index contributed by atoms with van der Waals surface area (Å²) in [5.74, 6) is 2.87. The lowest BCUT2D eigenvalue weighted by Crippen LogP contribution is -2.67. The Balaban J connectivity index is 1.24. The highest BCUT2D eigenvalue weighted by Crippen LogP contribution is 2.77. The Labute approximate surface area is 371 Å². The topological polar surface area (TPSA) is 52.6 Å². The van der Waals surface area contributed by atoms with E-state index in [4.69, 9.17) is 9.47 Å². The summed E-state index contributed by atoms with van der Waals surface area (Å²) in [5.41, 5.74) is 2.08. The predicted octanol–water partition coefficient (Wildman–Crippen LogP) is 13.0. The van der Waals surface area contributed by atoms with Crippen LogP contribution in [0.5, 0.6) is 0 Å². The van der Waals surface area contributed by atoms with Gasteiger partial charge in [0.05, 0.1) is 47.9 Å². The fraction of sp³-hybridized carbons (Fsp3) is 0.926. The molecule has 60 heavy (non-hydrogen) atoms. The van der Waals surface area contributed by atoms with E-state index in [0.717, 1.165) is 43.3 Å². The van der Waals surface area contributed by atoms with Gasteiger partial charge in [-0.1, -0.05) is 112 Å². The third-order valence-electron chi connectivity index (χ3n) is 19.3. The van der Waals surface area contributed by atoms with Crippen molar-refractivity contribution >= 4 is 11.9 Å². The Hall–Kier alpha value is -1.40. The number of rotatable bonds is 22. The molecule has 6 heteroatoms. The number of fused-ring (bicyclic) bond motifs is 7. The van der Waals surface area contributed by atoms with Crippen molar-refractivity contribution in [3.05, 3.63) is 12.2 Å². The van der Waals surface area contributed by atoms with Crippen molar-refractivity contribution in [2.75, 3.05) is 61.0 Å². The van der Waals surface area contributed by atoms with Crippen LogP contribution in [0.25, 0.3) is 0 Å². The van der Waals surface area contributed by atoms with Crippen LogP contribution in [0.4, 0.5) is 0 Å². The lowest BCUT2D eigenvalue weighted by molar-refractivity contribution is -0.883. The van der Waals surface area contributed by atoms with Crippen LogP contribution >= 0.6 is 0 Å². The minimum Gasteiger partial charge on any atom is -0.461 e. The van der Waals surface area contributed by atoms with Gasteiger partial charge in [0.1, 0.15) is 6.10 Å². The molecule has 0 heterocycles. The van der Waals surface area contributed by atoms with Crippen molar-refractivity contribution in [2.45, 2.75) is 203 Å². The molecule has 0 aromatic carbocycles. The normalized spacial score (nSPS) is 36.1. The van der Waals surface area contributed by atoms with E-state index in [1.165, 1.54) is 121 Å². The average Bonchev–Trinajstić information content (AvgIpc) is 3.55. The monoisotopic (exact) mass is 839 g/mol. The van der Waals surface area contributed by atoms with Crippen molar-refractivity contribution in [3.8, 4) is 0 Å². The first-order valence-corrected chi connectivity index (χ1v) is 25.8. The number of quaternary nitrogens is 2. The van der Waals surface area contributed by atoms with E-state index in [1.54, 1.807) is 0 Å². The largest absolute Gasteiger partial charge is 0.461 e. The maximum absolute atomic E-state index is 13.6. The van der Waals surface area contributed by atoms with E-state index in [2.05, 4.69) is 90.2 Å². The smallest absolute Gasteiger partial charge is 0.362 e. The van der Waals surface area contributed by atoms with Crippen LogP contribution in [0.15, 0.2) is 12.2 Å². The molecule has 346 valence electrons. The Morgan fingerprint density at radius 2 is 1.18 bits per heavy atom. The Morgan fingerprint density at radius 1 is 0.617 bits per heavy atom. The summed E-state index contributed by atoms with van der Waals surface area (Å²) >= 11 is 0. The minimum absolute atomic E-state index is 0.00253. The van der Waals surface area contributed by atoms with Crippen LogP contribution in [0.2, 0.25) is 0 Å². The summed E-state index contributed by atoms with van der Waals surface area (Å²) in [6.45, 7) is 28.0. The van der Waals surface area contributed by atoms with Crippen molar-refractivity contribution in [2.24, 2.45) is 56.7 Å². The zero-order valence-corrected chi connectivity index (χ0v) is 41.8. The molecule has 5 saturated carbocycles. The number of hydrogen-bond donors (Lipinski definition) is 0. The molecule has 0 aromatic heterocycles. The van der Waals surface area contributed by atoms with E-state index in [9.17, 15) is 9.59 Å². The molecular formula is C54H98N2O4+2. The number of ether oxygens (including phenoxy) is 2. The fourth-order valence-electron chi connectivity index (χ4n) is 15.7. The number of carbonyl (C=O) groups excluding carboxylic acids is 2. The second-order valence-electron chi connectivity index (χ2n) is 24.7. The first kappa shape index (κ1) is 49.6. The molecule has 5 aliphatic rings. The molecular weight excluding hydrogens is 741 g/mol. The molecule has 5 fully saturated rings. The number of hydrogen-bond acceptors (Lipinski definition) is 4. The van der Waals surface area contributed by atoms with Gasteiger partial charge in [-0.25, -0.2) is 9.59 Å². The molecule has 0 saturated heterocycles. The van der Waals surface area contributed by atoms with Crippen LogP contribution in [0.3, 0.4) is 0 Å². The lowest BCUT2D eigenvalue weighted by Gasteiger charge is -2.73. The summed E-state index contributed by atoms with van der Waals surface area (Å²) in [4.78, 5) is 27.3. The molecule has 0 aliphatic heterocycles. The van der Waals surface area contributed by atoms with Gasteiger partial charge in [-0.3, -0.25) is 0 Å². The molecule has 4 unspecified atom stereocenters. The van der Waals surface area contributed by atoms with Gasteiger partial charge in [0, 0.05) is 10.8 Å². The highest BCUT2D eigenvalue weighted by Gasteiger charge is 2.71. The first-order chi connectivity index (χ1) is 28.1. The highest BCUT2D eigenvalue weighted by atomic mass is 16.5. The van der Waals surface area contributed by atoms with E-state index < -0.39 is 0 Å². The molecule has 0 amide bonds. The summed E-state index contributed by atoms with van der Waals surface area (Å²) in [7, 11) is 8.83. The minimum atomic E-state index is -0.0534. The second-order valence-corrected chi connectivity index (χ2v) is 24.7. The van der Waals surface area contributed by atoms with Gasteiger partial charge in [-0.05, 0) is 143 Å². The highest BCUT2D eigenvalue weighted by molar-refractivity contribution is 5.71. The zero-order chi connectivity index (χ0) is 44.2. The third-order valence-corrected chi connectivity index (χ3v) is 19.3. The Kier molecular flexibility index (Phi) is 16.4. The van der Waals surface area contributed by atoms with Gasteiger partial charge >= 0.3 is 11.9 Å². The number of esters is 2. The molecule has 10 atom stereocenters. The van der Waals surface area contributed by atoms with Gasteiger partial charge < -0.3 is 18.4 Å². The van der Waals surface area contributed by atoms with Crippen LogP contribution < -0.4 is 0 Å². The Morgan fingerprint density at radius 3 is 1.77 bits per heavy atom. The number of likely N-dealkylation sites (N-methyl/N-ethyl adjacent to an activating group) is 2. The maximum Gasteiger partial charge on any atom is 0.362 e. The molecule has 0 aromatic rings. The van der Waals surface area contributed by atoms with Crippen molar-refractivity contribution in [1.82, 2.24) is 0 Å². The molecule has 0 radical (unpaired) electrons. The molecule has 0 bridgehead atoms. The molecule has 6 nitrogen and oxygen atoms in total. The second kappa shape index (κ2) is 19.8. The maximum atomic E-state index is 13.6. The Bertz CT molecular complexity index is 1450. The van der Waals surface area contributed by atoms with Gasteiger partial charge in [0.25, 0.3) is 0 Å². The number of unbranched alkanes of at least 4 members (excludes halogenated alkanes) is 10. The zero-order valence-electron chi connectivity index (χ0n) is 41.8. The van der Waals surface area contributed by atoms with Gasteiger partial charge in [0.15, 0.2) is 13.1 Å². The van der Waals surface area contributed by atoms with Crippen molar-refractivity contribution < 1.29 is 28.0 Å². The third kappa shape index (κ3) is 10.4. The van der Waals surface area contributed by atoms with Crippen LogP contribution in [0, 0.1) is 56.7 Å². The molecule has 0 spiro atoms. The van der Waals surface area contributed by atoms with Gasteiger partial charge in [-0.15, -0.1) is 0 Å². The quantitative estimate of drug-likeness (QED) is 0.0472. The lowest BCUT2D eigenvalue weighted by atomic mass is 9.32. The van der Waals surface area contributed by atoms with E-state index in [1.807, 2.05) is 0 Å². The fourth-order valence-corrected chi connectivity index (χ4v) is 15.7. The molecule has 0 N–H and O–H groups in total. The van der Waals surface area contributed by atoms with Crippen molar-refractivity contribution in [1.29, 1.82) is 0 Å². The summed E-state index contributed by atoms with van der Waals surface area (Å²) in [6, 6.07) is 0. The molecule has 5 rings (SSSR count). The van der Waals surface area contributed by atoms with E-state index in [-0.39, 0.29) is 45.1 Å². The van der Waals surface area contributed by atoms with Gasteiger partial charge in [-0.2, -0.15) is 0 Å². The number of nitrogens with zero attached hydrogens (tertiary/aromatic N) is 2. The summed E-state index contributed by atoms with van der Waals surface area (Å²) in [5, 5.41) is 0. The van der Waals surface area contributed by atoms with Crippen LogP contribution in [-0.4, -0.2) is 88.0 Å². The number of carbonyl (C=O) groups is 2. The first-order valence-electron chi connectivity index (χ1n) is 25.8. The van der Waals surface area contributed by atoms with Crippen LogP contribution in [-0.2, 0) is 19.1 Å². The van der Waals surface area contributed by atoms with Crippen molar-refractivity contribution in [3.63, 3.8) is 0 Å². The summed E-state index contributed by atoms with van der Waals surface area (Å²) in [6.07, 6.45) is 27.3. The van der Waals surface area contributed by atoms with Crippen LogP contribution in [0.1, 0.15) is 197 Å². The summed E-state index contributed by atoms with van der Waals surface area (Å²) < 4.78 is 14.4. The standard InChI is InChI=1S/C54H98N2O4/c1-14-16-18-20-22-24-36-55(10,11)38-47(57)59-40-54-33-28-42(41(3)4)49(54)43-26-27-45-51(7)31-30-46(60-48(58)39-56(12,13)37-25-23-21-19-17-15-2)50(5,6)44(51)29-32-53(45,9)52(43,8)34-35-54/h42-46,49H,3,14-40H2,1-2,4-13H3/q+2/t42-,43?,44?,45?,46-,49?,51-,52+,53+,54+/m0/s1. The molecule has 5 aliphatic carbocycles. The van der Waals surface area contributed by atoms with E-state index >= 15 is 0 Å². The van der Waals surface area contributed by atoms with E-state index in [0.29, 0.717) is 53.8 Å². The predicted molar refractivity (Wildman–Crippen MR) is 250 cm³/mol. The SMILES string of the molecule is C=C(C)[C@@H]1CC[C@]2(COC(=O)C[N+](C)(C)CCCCCCCC)CC[C@]3(C)C(CCC4[C@@]5(C)CC[C@H](OC(=O)C[N+](C)(C)CCCCCCCC)C(C)(C)C5CC[C@]43C)C12. The average molecular weight is 839 g/mol. The number of allylic oxidation sites excluding steroid dienone is 1.